The second-order valence-corrected chi connectivity index (χ2v) is 21.0. The Morgan fingerprint density at radius 3 is 1.00 bits per heavy atom. The molecule has 0 fully saturated rings. The number of hydrogen-bond acceptors (Lipinski definition) is 6. The summed E-state index contributed by atoms with van der Waals surface area (Å²) < 4.78 is 14.4. The number of nitrogens with zero attached hydrogens (tertiary/aromatic N) is 4. The van der Waals surface area contributed by atoms with E-state index >= 15 is 0 Å². The van der Waals surface area contributed by atoms with Crippen LogP contribution >= 0.6 is 0 Å². The maximum absolute atomic E-state index is 7.22. The molecule has 0 bridgehead atoms. The molecule has 0 spiro atoms. The molecule has 0 aromatic heterocycles. The van der Waals surface area contributed by atoms with Crippen molar-refractivity contribution in [3.63, 3.8) is 0 Å². The maximum atomic E-state index is 7.22. The summed E-state index contributed by atoms with van der Waals surface area (Å²) in [5, 5.41) is 0. The van der Waals surface area contributed by atoms with Gasteiger partial charge in [-0.15, -0.1) is 0 Å². The Labute approximate surface area is 456 Å². The van der Waals surface area contributed by atoms with Crippen LogP contribution in [-0.2, 0) is 0 Å². The van der Waals surface area contributed by atoms with Gasteiger partial charge in [0.2, 0.25) is 0 Å². The zero-order chi connectivity index (χ0) is 52.2. The zero-order valence-electron chi connectivity index (χ0n) is 43.9. The van der Waals surface area contributed by atoms with Crippen molar-refractivity contribution in [3.8, 4) is 23.0 Å². The van der Waals surface area contributed by atoms with Crippen LogP contribution in [0.2, 0.25) is 0 Å². The summed E-state index contributed by atoms with van der Waals surface area (Å²) in [6.45, 7) is 8.49. The van der Waals surface area contributed by atoms with E-state index in [9.17, 15) is 0 Å². The Bertz CT molecular complexity index is 3860. The highest BCUT2D eigenvalue weighted by Gasteiger charge is 2.48. The molecule has 0 unspecified atom stereocenters. The molecule has 370 valence electrons. The standard InChI is InChI=1S/C70H52B2N4O2/c1-45-23-11-17-33-57(45)75(58-34-18-12-24-46(58)2)51-39-63-69-67(41-51)77-65-37-21-15-31-53(65)71(69)55-43-56-62(44-61(55)73(63)49-27-7-5-8-28-49)74(50-29-9-6-10-30-50)64-40-52(42-68-70(64)72(56)54-32-16-22-38-66(54)78-68)76(59-35-19-13-25-47(59)3)60-36-20-14-26-48(60)4/h5-44H,1-4H3. The number of rotatable bonds is 8. The summed E-state index contributed by atoms with van der Waals surface area (Å²) in [6.07, 6.45) is 0. The fourth-order valence-electron chi connectivity index (χ4n) is 12.9. The smallest absolute Gasteiger partial charge is 0.256 e. The molecule has 0 atom stereocenters. The minimum Gasteiger partial charge on any atom is -0.458 e. The van der Waals surface area contributed by atoms with Crippen LogP contribution in [0.5, 0.6) is 23.0 Å². The molecule has 0 radical (unpaired) electrons. The van der Waals surface area contributed by atoms with Gasteiger partial charge >= 0.3 is 0 Å². The number of ether oxygens (including phenoxy) is 2. The lowest BCUT2D eigenvalue weighted by molar-refractivity contribution is 0.487. The molecule has 8 heteroatoms. The molecule has 0 saturated heterocycles. The van der Waals surface area contributed by atoms with Crippen LogP contribution in [-0.4, -0.2) is 13.4 Å². The van der Waals surface area contributed by atoms with Crippen LogP contribution in [0, 0.1) is 27.7 Å². The quantitative estimate of drug-likeness (QED) is 0.141. The Balaban J connectivity index is 1.03. The Hall–Kier alpha value is -9.65. The molecule has 6 nitrogen and oxygen atoms in total. The molecule has 11 aromatic rings. The first-order valence-corrected chi connectivity index (χ1v) is 27.0. The summed E-state index contributed by atoms with van der Waals surface area (Å²) in [7, 11) is 0. The summed E-state index contributed by atoms with van der Waals surface area (Å²) in [6, 6.07) is 88.2. The highest BCUT2D eigenvalue weighted by molar-refractivity contribution is 7.02. The second-order valence-electron chi connectivity index (χ2n) is 21.0. The van der Waals surface area contributed by atoms with Crippen molar-refractivity contribution in [2.24, 2.45) is 0 Å². The number of fused-ring (bicyclic) bond motifs is 8. The molecule has 4 heterocycles. The van der Waals surface area contributed by atoms with Gasteiger partial charge in [0.25, 0.3) is 13.4 Å². The van der Waals surface area contributed by atoms with Gasteiger partial charge in [-0.25, -0.2) is 0 Å². The highest BCUT2D eigenvalue weighted by atomic mass is 16.5. The van der Waals surface area contributed by atoms with Gasteiger partial charge in [-0.1, -0.05) is 152 Å². The largest absolute Gasteiger partial charge is 0.458 e. The van der Waals surface area contributed by atoms with E-state index in [-0.39, 0.29) is 13.4 Å². The summed E-state index contributed by atoms with van der Waals surface area (Å²) in [4.78, 5) is 9.82. The van der Waals surface area contributed by atoms with Crippen molar-refractivity contribution >= 4 is 114 Å². The number of benzene rings is 11. The zero-order valence-corrected chi connectivity index (χ0v) is 43.9. The van der Waals surface area contributed by atoms with Crippen molar-refractivity contribution in [3.05, 3.63) is 265 Å². The van der Waals surface area contributed by atoms with Gasteiger partial charge in [0.1, 0.15) is 23.0 Å². The van der Waals surface area contributed by atoms with Gasteiger partial charge in [0.15, 0.2) is 0 Å². The van der Waals surface area contributed by atoms with Crippen LogP contribution in [0.25, 0.3) is 0 Å². The molecule has 15 rings (SSSR count). The van der Waals surface area contributed by atoms with Crippen LogP contribution in [0.4, 0.5) is 68.2 Å². The van der Waals surface area contributed by atoms with Crippen molar-refractivity contribution < 1.29 is 9.47 Å². The Morgan fingerprint density at radius 1 is 0.295 bits per heavy atom. The van der Waals surface area contributed by atoms with E-state index < -0.39 is 0 Å². The average molecular weight is 1000 g/mol. The van der Waals surface area contributed by atoms with E-state index in [1.807, 2.05) is 0 Å². The predicted molar refractivity (Wildman–Crippen MR) is 326 cm³/mol. The Kier molecular flexibility index (Phi) is 10.5. The molecule has 11 aromatic carbocycles. The maximum Gasteiger partial charge on any atom is 0.256 e. The molecule has 0 saturated carbocycles. The predicted octanol–water partition coefficient (Wildman–Crippen LogP) is 14.7. The van der Waals surface area contributed by atoms with E-state index in [2.05, 4.69) is 290 Å². The topological polar surface area (TPSA) is 31.4 Å². The second kappa shape index (κ2) is 18.0. The molecule has 0 amide bonds. The van der Waals surface area contributed by atoms with E-state index in [4.69, 9.17) is 9.47 Å². The van der Waals surface area contributed by atoms with Crippen LogP contribution in [0.3, 0.4) is 0 Å². The average Bonchev–Trinajstić information content (AvgIpc) is 3.65. The van der Waals surface area contributed by atoms with Crippen molar-refractivity contribution in [1.82, 2.24) is 0 Å². The summed E-state index contributed by atoms with van der Waals surface area (Å²) in [5.74, 6) is 3.42. The minimum absolute atomic E-state index is 0.153. The number of para-hydroxylation sites is 8. The fraction of sp³-hybridized carbons (Fsp3) is 0.0571. The molecular formula is C70H52B2N4O2. The van der Waals surface area contributed by atoms with Gasteiger partial charge < -0.3 is 29.1 Å². The molecule has 4 aliphatic rings. The number of hydrogen-bond donors (Lipinski definition) is 0. The lowest BCUT2D eigenvalue weighted by Crippen LogP contribution is -2.63. The monoisotopic (exact) mass is 1000 g/mol. The third-order valence-electron chi connectivity index (χ3n) is 16.4. The number of anilines is 12. The minimum atomic E-state index is -0.153. The fourth-order valence-corrected chi connectivity index (χ4v) is 12.9. The van der Waals surface area contributed by atoms with Crippen molar-refractivity contribution in [2.45, 2.75) is 27.7 Å². The van der Waals surface area contributed by atoms with Crippen molar-refractivity contribution in [1.29, 1.82) is 0 Å². The van der Waals surface area contributed by atoms with Gasteiger partial charge in [-0.05, 0) is 162 Å². The summed E-state index contributed by atoms with van der Waals surface area (Å²) >= 11 is 0. The van der Waals surface area contributed by atoms with Gasteiger partial charge in [0.05, 0.1) is 11.4 Å². The first-order valence-electron chi connectivity index (χ1n) is 27.0. The molecule has 0 aliphatic carbocycles. The molecular weight excluding hydrogens is 950 g/mol. The van der Waals surface area contributed by atoms with Gasteiger partial charge in [-0.3, -0.25) is 0 Å². The lowest BCUT2D eigenvalue weighted by atomic mass is 9.31. The van der Waals surface area contributed by atoms with Crippen molar-refractivity contribution in [2.75, 3.05) is 19.6 Å². The lowest BCUT2D eigenvalue weighted by Gasteiger charge is -2.45. The normalized spacial score (nSPS) is 13.0. The van der Waals surface area contributed by atoms with Gasteiger partial charge in [0, 0.05) is 69.0 Å². The van der Waals surface area contributed by atoms with E-state index in [0.717, 1.165) is 113 Å². The number of aryl methyl sites for hydroxylation is 4. The molecule has 4 aliphatic heterocycles. The first kappa shape index (κ1) is 45.7. The highest BCUT2D eigenvalue weighted by Crippen LogP contribution is 2.51. The Morgan fingerprint density at radius 2 is 0.628 bits per heavy atom. The third kappa shape index (κ3) is 7.06. The molecule has 0 N–H and O–H groups in total. The third-order valence-corrected chi connectivity index (χ3v) is 16.4. The van der Waals surface area contributed by atoms with E-state index in [0.29, 0.717) is 0 Å². The van der Waals surface area contributed by atoms with Crippen LogP contribution < -0.4 is 61.9 Å². The SMILES string of the molecule is Cc1ccccc1N(c1cc2c3c(c1)N(c1ccccc1)c1cc4c(cc1B3c1ccccc1O2)B1c2ccccc2Oc2cc(N(c3ccccc3C)c3ccccc3C)cc(c21)N4c1ccccc1)c1ccccc1C. The summed E-state index contributed by atoms with van der Waals surface area (Å²) in [5.41, 5.74) is 24.7. The van der Waals surface area contributed by atoms with E-state index in [1.165, 1.54) is 33.2 Å². The first-order chi connectivity index (χ1) is 38.4. The van der Waals surface area contributed by atoms with Gasteiger partial charge in [-0.2, -0.15) is 0 Å². The van der Waals surface area contributed by atoms with E-state index in [1.54, 1.807) is 0 Å². The van der Waals surface area contributed by atoms with Crippen LogP contribution in [0.15, 0.2) is 243 Å². The van der Waals surface area contributed by atoms with Crippen LogP contribution in [0.1, 0.15) is 22.3 Å². The molecule has 78 heavy (non-hydrogen) atoms.